The summed E-state index contributed by atoms with van der Waals surface area (Å²) in [6.07, 6.45) is -2.49. The highest BCUT2D eigenvalue weighted by Gasteiger charge is 2.31. The van der Waals surface area contributed by atoms with Crippen molar-refractivity contribution < 1.29 is 22.5 Å². The van der Waals surface area contributed by atoms with Crippen molar-refractivity contribution in [1.29, 1.82) is 0 Å². The maximum absolute atomic E-state index is 12.9. The van der Waals surface area contributed by atoms with E-state index >= 15 is 0 Å². The molecule has 1 heterocycles. The fraction of sp³-hybridized carbons (Fsp3) is 0.345. The number of alkyl halides is 3. The molecule has 3 atom stereocenters. The number of hydrogen-bond donors (Lipinski definition) is 1. The lowest BCUT2D eigenvalue weighted by Crippen LogP contribution is -2.41. The van der Waals surface area contributed by atoms with Gasteiger partial charge in [0.05, 0.1) is 5.56 Å². The van der Waals surface area contributed by atoms with Crippen LogP contribution >= 0.6 is 0 Å². The Morgan fingerprint density at radius 1 is 1.00 bits per heavy atom. The summed E-state index contributed by atoms with van der Waals surface area (Å²) in [5.41, 5.74) is 2.75. The van der Waals surface area contributed by atoms with Gasteiger partial charge in [-0.1, -0.05) is 24.3 Å². The predicted octanol–water partition coefficient (Wildman–Crippen LogP) is 6.54. The Morgan fingerprint density at radius 2 is 1.65 bits per heavy atom. The number of nitrogens with zero attached hydrogens (tertiary/aromatic N) is 1. The number of hydrogen-bond acceptors (Lipinski definition) is 3. The van der Waals surface area contributed by atoms with Crippen LogP contribution in [0.1, 0.15) is 59.7 Å². The van der Waals surface area contributed by atoms with Gasteiger partial charge in [0.15, 0.2) is 4.90 Å². The number of rotatable bonds is 7. The average Bonchev–Trinajstić information content (AvgIpc) is 2.91. The van der Waals surface area contributed by atoms with Crippen LogP contribution in [0.15, 0.2) is 77.7 Å². The summed E-state index contributed by atoms with van der Waals surface area (Å²) in [5.74, 6) is 0.530. The number of amides is 1. The minimum atomic E-state index is -4.33. The summed E-state index contributed by atoms with van der Waals surface area (Å²) in [7, 11) is 0. The van der Waals surface area contributed by atoms with Crippen LogP contribution in [0.25, 0.3) is 0 Å². The van der Waals surface area contributed by atoms with Crippen LogP contribution in [0.2, 0.25) is 0 Å². The van der Waals surface area contributed by atoms with Crippen molar-refractivity contribution in [3.63, 3.8) is 0 Å². The van der Waals surface area contributed by atoms with Crippen molar-refractivity contribution in [3.05, 3.63) is 95.1 Å². The van der Waals surface area contributed by atoms with Gasteiger partial charge in [0.25, 0.3) is 5.91 Å². The van der Waals surface area contributed by atoms with Crippen molar-refractivity contribution in [2.45, 2.75) is 56.3 Å². The molecule has 3 aromatic rings. The molecule has 0 aliphatic carbocycles. The number of carbonyl (C=O) groups excluding carboxylic acids is 1. The van der Waals surface area contributed by atoms with Gasteiger partial charge in [0.1, 0.15) is 5.75 Å². The van der Waals surface area contributed by atoms with E-state index in [9.17, 15) is 22.5 Å². The molecule has 1 aliphatic rings. The number of anilines is 1. The second-order valence-corrected chi connectivity index (χ2v) is 11.1. The molecule has 4 rings (SSSR count). The Bertz CT molecular complexity index is 1180. The summed E-state index contributed by atoms with van der Waals surface area (Å²) in [4.78, 5) is 15.7. The first kappa shape index (κ1) is 27.1. The molecule has 1 unspecified atom stereocenters. The topological polar surface area (TPSA) is 55.4 Å². The molecule has 0 radical (unpaired) electrons. The second kappa shape index (κ2) is 11.6. The van der Waals surface area contributed by atoms with Crippen molar-refractivity contribution in [2.24, 2.45) is 0 Å². The van der Waals surface area contributed by atoms with Gasteiger partial charge in [-0.05, 0) is 97.5 Å². The first-order valence-electron chi connectivity index (χ1n) is 12.4. The summed E-state index contributed by atoms with van der Waals surface area (Å²) >= 11 is -0.998. The Hall–Kier alpha value is -2.97. The first-order chi connectivity index (χ1) is 17.7. The van der Waals surface area contributed by atoms with Gasteiger partial charge in [-0.3, -0.25) is 4.79 Å². The molecule has 0 spiro atoms. The van der Waals surface area contributed by atoms with E-state index in [1.807, 2.05) is 43.3 Å². The largest absolute Gasteiger partial charge is 0.611 e. The molecule has 196 valence electrons. The van der Waals surface area contributed by atoms with E-state index in [1.165, 1.54) is 0 Å². The van der Waals surface area contributed by atoms with Crippen LogP contribution in [0, 0.1) is 0 Å². The molecule has 1 N–H and O–H groups in total. The lowest BCUT2D eigenvalue weighted by atomic mass is 9.87. The summed E-state index contributed by atoms with van der Waals surface area (Å²) in [5, 5.41) is 2.92. The number of piperidine rings is 1. The van der Waals surface area contributed by atoms with E-state index in [-0.39, 0.29) is 17.9 Å². The molecule has 3 aromatic carbocycles. The normalized spacial score (nSPS) is 18.9. The SMILES string of the molecule is CC[S+]([O-])c1ccc(CNC(=O)c2ccc(N3C[C@@H](c4ccc(C(F)(F)F)cc4)CC[C@H]3C)cc2)cc1. The zero-order valence-electron chi connectivity index (χ0n) is 20.9. The highest BCUT2D eigenvalue weighted by molar-refractivity contribution is 7.91. The van der Waals surface area contributed by atoms with Crippen LogP contribution in [-0.4, -0.2) is 28.8 Å². The molecular weight excluding hydrogens is 497 g/mol. The van der Waals surface area contributed by atoms with E-state index in [4.69, 9.17) is 0 Å². The van der Waals surface area contributed by atoms with E-state index < -0.39 is 22.9 Å². The van der Waals surface area contributed by atoms with Gasteiger partial charge in [-0.15, -0.1) is 0 Å². The Balaban J connectivity index is 1.37. The highest BCUT2D eigenvalue weighted by Crippen LogP contribution is 2.35. The van der Waals surface area contributed by atoms with Crippen LogP contribution in [0.5, 0.6) is 0 Å². The van der Waals surface area contributed by atoms with Gasteiger partial charge in [0, 0.05) is 36.3 Å². The van der Waals surface area contributed by atoms with Gasteiger partial charge in [-0.2, -0.15) is 13.2 Å². The smallest absolute Gasteiger partial charge is 0.416 e. The van der Waals surface area contributed by atoms with Crippen LogP contribution in [-0.2, 0) is 23.9 Å². The Morgan fingerprint density at radius 3 is 2.24 bits per heavy atom. The number of nitrogens with one attached hydrogen (secondary N) is 1. The molecule has 1 aliphatic heterocycles. The highest BCUT2D eigenvalue weighted by atomic mass is 32.2. The monoisotopic (exact) mass is 528 g/mol. The second-order valence-electron chi connectivity index (χ2n) is 9.40. The van der Waals surface area contributed by atoms with E-state index in [2.05, 4.69) is 17.1 Å². The van der Waals surface area contributed by atoms with Crippen LogP contribution < -0.4 is 10.2 Å². The molecule has 4 nitrogen and oxygen atoms in total. The molecule has 1 fully saturated rings. The zero-order chi connectivity index (χ0) is 26.6. The third-order valence-corrected chi connectivity index (χ3v) is 8.28. The van der Waals surface area contributed by atoms with Crippen molar-refractivity contribution in [3.8, 4) is 0 Å². The van der Waals surface area contributed by atoms with E-state index in [0.717, 1.165) is 46.7 Å². The molecule has 8 heteroatoms. The molecule has 0 bridgehead atoms. The van der Waals surface area contributed by atoms with Gasteiger partial charge < -0.3 is 14.8 Å². The standard InChI is InChI=1S/C29H31F3N2O2S/c1-3-37(36)27-16-5-21(6-17-27)18-33-28(35)23-10-14-26(15-11-23)34-19-24(7-4-20(34)2)22-8-12-25(13-9-22)29(30,31)32/h5-6,8-17,20,24H,3-4,7,18-19H2,1-2H3,(H,33,35)/t20-,24+,37?/m1/s1. The summed E-state index contributed by atoms with van der Waals surface area (Å²) in [6, 6.07) is 20.6. The first-order valence-corrected chi connectivity index (χ1v) is 13.8. The van der Waals surface area contributed by atoms with Crippen molar-refractivity contribution >= 4 is 22.8 Å². The van der Waals surface area contributed by atoms with Crippen molar-refractivity contribution in [2.75, 3.05) is 17.2 Å². The fourth-order valence-electron chi connectivity index (χ4n) is 4.70. The lowest BCUT2D eigenvalue weighted by molar-refractivity contribution is -0.137. The molecule has 1 saturated heterocycles. The average molecular weight is 529 g/mol. The summed E-state index contributed by atoms with van der Waals surface area (Å²) < 4.78 is 50.7. The maximum Gasteiger partial charge on any atom is 0.416 e. The Labute approximate surface area is 219 Å². The summed E-state index contributed by atoms with van der Waals surface area (Å²) in [6.45, 7) is 5.10. The number of halogens is 3. The van der Waals surface area contributed by atoms with Crippen LogP contribution in [0.4, 0.5) is 18.9 Å². The van der Waals surface area contributed by atoms with Crippen LogP contribution in [0.3, 0.4) is 0 Å². The molecule has 0 aromatic heterocycles. The predicted molar refractivity (Wildman–Crippen MR) is 141 cm³/mol. The number of benzene rings is 3. The molecule has 0 saturated carbocycles. The third-order valence-electron chi connectivity index (χ3n) is 6.95. The van der Waals surface area contributed by atoms with Crippen molar-refractivity contribution in [1.82, 2.24) is 5.32 Å². The Kier molecular flexibility index (Phi) is 8.49. The van der Waals surface area contributed by atoms with Gasteiger partial charge in [-0.25, -0.2) is 0 Å². The number of carbonyl (C=O) groups is 1. The third kappa shape index (κ3) is 6.67. The van der Waals surface area contributed by atoms with Gasteiger partial charge in [0.2, 0.25) is 0 Å². The minimum Gasteiger partial charge on any atom is -0.611 e. The lowest BCUT2D eigenvalue weighted by Gasteiger charge is -2.40. The van der Waals surface area contributed by atoms with E-state index in [1.54, 1.807) is 24.3 Å². The molecular formula is C29H31F3N2O2S. The minimum absolute atomic E-state index is 0.141. The zero-order valence-corrected chi connectivity index (χ0v) is 21.7. The molecule has 1 amide bonds. The maximum atomic E-state index is 12.9. The van der Waals surface area contributed by atoms with E-state index in [0.29, 0.717) is 24.4 Å². The quantitative estimate of drug-likeness (QED) is 0.355. The van der Waals surface area contributed by atoms with Gasteiger partial charge >= 0.3 is 6.18 Å². The fourth-order valence-corrected chi connectivity index (χ4v) is 5.47. The molecule has 37 heavy (non-hydrogen) atoms.